The Bertz CT molecular complexity index is 706. The molecule has 0 aromatic heterocycles. The number of ether oxygens (including phenoxy) is 2. The highest BCUT2D eigenvalue weighted by atomic mass is 35.5. The van der Waals surface area contributed by atoms with Crippen LogP contribution < -0.4 is 10.1 Å². The zero-order chi connectivity index (χ0) is 18.9. The largest absolute Gasteiger partial charge is 0.481 e. The van der Waals surface area contributed by atoms with Gasteiger partial charge in [-0.2, -0.15) is 0 Å². The fourth-order valence-corrected chi connectivity index (χ4v) is 2.69. The van der Waals surface area contributed by atoms with Gasteiger partial charge in [0.05, 0.1) is 19.3 Å². The summed E-state index contributed by atoms with van der Waals surface area (Å²) in [7, 11) is 0. The van der Waals surface area contributed by atoms with Crippen LogP contribution in [0.25, 0.3) is 0 Å². The smallest absolute Gasteiger partial charge is 0.261 e. The maximum absolute atomic E-state index is 12.4. The summed E-state index contributed by atoms with van der Waals surface area (Å²) in [4.78, 5) is 12.4. The quantitative estimate of drug-likeness (QED) is 0.700. The minimum absolute atomic E-state index is 0.0522. The van der Waals surface area contributed by atoms with Crippen molar-refractivity contribution in [1.82, 2.24) is 5.32 Å². The Morgan fingerprint density at radius 2 is 1.92 bits per heavy atom. The molecule has 0 unspecified atom stereocenters. The summed E-state index contributed by atoms with van der Waals surface area (Å²) >= 11 is 5.95. The number of carbonyl (C=O) groups excluding carboxylic acids is 1. The Labute approximate surface area is 160 Å². The summed E-state index contributed by atoms with van der Waals surface area (Å²) < 4.78 is 11.5. The first-order chi connectivity index (χ1) is 12.5. The highest BCUT2D eigenvalue weighted by Gasteiger charge is 2.19. The second-order valence-corrected chi connectivity index (χ2v) is 6.72. The molecule has 0 fully saturated rings. The second kappa shape index (κ2) is 10.2. The van der Waals surface area contributed by atoms with Crippen LogP contribution in [0.3, 0.4) is 0 Å². The first-order valence-corrected chi connectivity index (χ1v) is 9.22. The molecule has 0 aliphatic heterocycles. The zero-order valence-corrected chi connectivity index (χ0v) is 16.3. The van der Waals surface area contributed by atoms with Crippen LogP contribution in [0.1, 0.15) is 31.4 Å². The van der Waals surface area contributed by atoms with E-state index in [2.05, 4.69) is 5.32 Å². The molecule has 2 aromatic rings. The van der Waals surface area contributed by atoms with Gasteiger partial charge in [-0.15, -0.1) is 0 Å². The molecule has 0 radical (unpaired) electrons. The van der Waals surface area contributed by atoms with Crippen molar-refractivity contribution in [3.05, 3.63) is 64.7 Å². The highest BCUT2D eigenvalue weighted by molar-refractivity contribution is 6.30. The van der Waals surface area contributed by atoms with Crippen LogP contribution in [0, 0.1) is 6.92 Å². The molecule has 0 heterocycles. The van der Waals surface area contributed by atoms with Gasteiger partial charge >= 0.3 is 0 Å². The fraction of sp³-hybridized carbons (Fsp3) is 0.381. The van der Waals surface area contributed by atoms with Gasteiger partial charge in [-0.1, -0.05) is 48.9 Å². The first kappa shape index (κ1) is 20.3. The van der Waals surface area contributed by atoms with E-state index in [1.165, 1.54) is 0 Å². The third-order valence-electron chi connectivity index (χ3n) is 4.08. The molecule has 0 spiro atoms. The number of hydrogen-bond donors (Lipinski definition) is 1. The van der Waals surface area contributed by atoms with Crippen LogP contribution >= 0.6 is 11.6 Å². The lowest BCUT2D eigenvalue weighted by Gasteiger charge is -2.21. The molecule has 0 aliphatic carbocycles. The first-order valence-electron chi connectivity index (χ1n) is 8.84. The topological polar surface area (TPSA) is 47.6 Å². The van der Waals surface area contributed by atoms with E-state index in [-0.39, 0.29) is 11.9 Å². The Balaban J connectivity index is 1.81. The van der Waals surface area contributed by atoms with E-state index < -0.39 is 6.10 Å². The molecule has 2 atom stereocenters. The number of aryl methyl sites for hydroxylation is 1. The van der Waals surface area contributed by atoms with Crippen LogP contribution in [-0.2, 0) is 16.1 Å². The number of hydrogen-bond acceptors (Lipinski definition) is 3. The van der Waals surface area contributed by atoms with Gasteiger partial charge in [0.25, 0.3) is 5.91 Å². The lowest BCUT2D eigenvalue weighted by Crippen LogP contribution is -2.44. The Kier molecular flexibility index (Phi) is 7.95. The molecule has 140 valence electrons. The standard InChI is InChI=1S/C21H26ClNO3/c1-4-19(14-25-13-17-8-6-5-7-9-17)23-21(24)16(3)26-20-11-10-18(22)12-15(20)2/h5-12,16,19H,4,13-14H2,1-3H3,(H,23,24)/t16-,19+/m1/s1. The van der Waals surface area contributed by atoms with Gasteiger partial charge < -0.3 is 14.8 Å². The minimum Gasteiger partial charge on any atom is -0.481 e. The molecular formula is C21H26ClNO3. The van der Waals surface area contributed by atoms with Gasteiger partial charge in [0.15, 0.2) is 6.10 Å². The van der Waals surface area contributed by atoms with Gasteiger partial charge in [-0.25, -0.2) is 0 Å². The van der Waals surface area contributed by atoms with Crippen LogP contribution in [0.5, 0.6) is 5.75 Å². The molecule has 0 bridgehead atoms. The van der Waals surface area contributed by atoms with Crippen molar-refractivity contribution in [3.63, 3.8) is 0 Å². The van der Waals surface area contributed by atoms with E-state index in [0.717, 1.165) is 17.5 Å². The fourth-order valence-electron chi connectivity index (χ4n) is 2.46. The van der Waals surface area contributed by atoms with Crippen LogP contribution in [0.4, 0.5) is 0 Å². The molecule has 0 saturated heterocycles. The van der Waals surface area contributed by atoms with Crippen molar-refractivity contribution in [2.75, 3.05) is 6.61 Å². The summed E-state index contributed by atoms with van der Waals surface area (Å²) in [6, 6.07) is 15.3. The predicted octanol–water partition coefficient (Wildman–Crippen LogP) is 4.53. The van der Waals surface area contributed by atoms with Gasteiger partial charge in [0, 0.05) is 5.02 Å². The lowest BCUT2D eigenvalue weighted by atomic mass is 10.2. The van der Waals surface area contributed by atoms with E-state index in [1.807, 2.05) is 50.2 Å². The number of halogens is 1. The molecule has 0 aliphatic rings. The predicted molar refractivity (Wildman–Crippen MR) is 105 cm³/mol. The summed E-state index contributed by atoms with van der Waals surface area (Å²) in [5.74, 6) is 0.500. The number of benzene rings is 2. The number of carbonyl (C=O) groups is 1. The summed E-state index contributed by atoms with van der Waals surface area (Å²) in [6.07, 6.45) is 0.186. The molecule has 2 aromatic carbocycles. The van der Waals surface area contributed by atoms with Crippen LogP contribution in [-0.4, -0.2) is 24.7 Å². The Morgan fingerprint density at radius 3 is 2.58 bits per heavy atom. The van der Waals surface area contributed by atoms with Crippen molar-refractivity contribution in [3.8, 4) is 5.75 Å². The van der Waals surface area contributed by atoms with E-state index in [1.54, 1.807) is 19.1 Å². The van der Waals surface area contributed by atoms with Crippen LogP contribution in [0.2, 0.25) is 5.02 Å². The normalized spacial score (nSPS) is 13.1. The number of nitrogens with one attached hydrogen (secondary N) is 1. The molecule has 2 rings (SSSR count). The maximum Gasteiger partial charge on any atom is 0.261 e. The maximum atomic E-state index is 12.4. The highest BCUT2D eigenvalue weighted by Crippen LogP contribution is 2.22. The average molecular weight is 376 g/mol. The van der Waals surface area contributed by atoms with E-state index in [9.17, 15) is 4.79 Å². The van der Waals surface area contributed by atoms with Gasteiger partial charge in [0.1, 0.15) is 5.75 Å². The Morgan fingerprint density at radius 1 is 1.19 bits per heavy atom. The molecule has 1 N–H and O–H groups in total. The van der Waals surface area contributed by atoms with Crippen molar-refractivity contribution >= 4 is 17.5 Å². The van der Waals surface area contributed by atoms with Crippen molar-refractivity contribution in [2.24, 2.45) is 0 Å². The van der Waals surface area contributed by atoms with Crippen molar-refractivity contribution in [2.45, 2.75) is 45.9 Å². The average Bonchev–Trinajstić information content (AvgIpc) is 2.63. The molecule has 4 nitrogen and oxygen atoms in total. The monoisotopic (exact) mass is 375 g/mol. The van der Waals surface area contributed by atoms with Crippen LogP contribution in [0.15, 0.2) is 48.5 Å². The third kappa shape index (κ3) is 6.36. The summed E-state index contributed by atoms with van der Waals surface area (Å²) in [6.45, 7) is 6.65. The molecule has 0 saturated carbocycles. The number of amides is 1. The van der Waals surface area contributed by atoms with Gasteiger partial charge in [0.2, 0.25) is 0 Å². The second-order valence-electron chi connectivity index (χ2n) is 6.28. The SMILES string of the molecule is CC[C@@H](COCc1ccccc1)NC(=O)[C@@H](C)Oc1ccc(Cl)cc1C. The van der Waals surface area contributed by atoms with Crippen molar-refractivity contribution in [1.29, 1.82) is 0 Å². The number of rotatable bonds is 9. The zero-order valence-electron chi connectivity index (χ0n) is 15.5. The third-order valence-corrected chi connectivity index (χ3v) is 4.31. The van der Waals surface area contributed by atoms with E-state index in [4.69, 9.17) is 21.1 Å². The lowest BCUT2D eigenvalue weighted by molar-refractivity contribution is -0.128. The molecular weight excluding hydrogens is 350 g/mol. The molecule has 5 heteroatoms. The van der Waals surface area contributed by atoms with E-state index >= 15 is 0 Å². The Hall–Kier alpha value is -2.04. The summed E-state index contributed by atoms with van der Waals surface area (Å²) in [5, 5.41) is 3.64. The molecule has 26 heavy (non-hydrogen) atoms. The van der Waals surface area contributed by atoms with Gasteiger partial charge in [-0.3, -0.25) is 4.79 Å². The van der Waals surface area contributed by atoms with Gasteiger partial charge in [-0.05, 0) is 49.6 Å². The minimum atomic E-state index is -0.599. The van der Waals surface area contributed by atoms with E-state index in [0.29, 0.717) is 24.0 Å². The van der Waals surface area contributed by atoms with Crippen molar-refractivity contribution < 1.29 is 14.3 Å². The molecule has 1 amide bonds. The summed E-state index contributed by atoms with van der Waals surface area (Å²) in [5.41, 5.74) is 2.01.